The fourth-order valence-corrected chi connectivity index (χ4v) is 1.79. The van der Waals surface area contributed by atoms with Crippen LogP contribution >= 0.6 is 0 Å². The van der Waals surface area contributed by atoms with Crippen molar-refractivity contribution in [2.45, 2.75) is 6.92 Å². The van der Waals surface area contributed by atoms with E-state index in [1.807, 2.05) is 44.4 Å². The number of rotatable bonds is 9. The third-order valence-electron chi connectivity index (χ3n) is 3.43. The third kappa shape index (κ3) is 8.29. The lowest BCUT2D eigenvalue weighted by atomic mass is 10.2. The Bertz CT molecular complexity index is 591. The maximum Gasteiger partial charge on any atom is 0.333 e. The highest BCUT2D eigenvalue weighted by Crippen LogP contribution is 2.02. The highest BCUT2D eigenvalue weighted by molar-refractivity contribution is 5.87. The van der Waals surface area contributed by atoms with Crippen LogP contribution in [0.5, 0.6) is 0 Å². The summed E-state index contributed by atoms with van der Waals surface area (Å²) in [5, 5.41) is 0. The molecule has 0 spiro atoms. The number of esters is 2. The normalized spacial score (nSPS) is 11.3. The van der Waals surface area contributed by atoms with E-state index in [0.29, 0.717) is 36.4 Å². The molecule has 24 heavy (non-hydrogen) atoms. The number of hydrogen-bond donors (Lipinski definition) is 0. The van der Waals surface area contributed by atoms with Crippen LogP contribution in [0.2, 0.25) is 0 Å². The van der Waals surface area contributed by atoms with Gasteiger partial charge in [-0.3, -0.25) is 0 Å². The van der Waals surface area contributed by atoms with Gasteiger partial charge in [0.05, 0.1) is 14.1 Å². The fraction of sp³-hybridized carbons (Fsp3) is 0.368. The van der Waals surface area contributed by atoms with E-state index < -0.39 is 0 Å². The van der Waals surface area contributed by atoms with Gasteiger partial charge in [-0.1, -0.05) is 36.9 Å². The van der Waals surface area contributed by atoms with E-state index in [1.54, 1.807) is 13.0 Å². The number of quaternary nitrogens is 1. The average molecular weight is 332 g/mol. The quantitative estimate of drug-likeness (QED) is 0.396. The number of nitrogens with zero attached hydrogens (tertiary/aromatic N) is 1. The Morgan fingerprint density at radius 2 is 1.67 bits per heavy atom. The Kier molecular flexibility index (Phi) is 7.92. The van der Waals surface area contributed by atoms with Crippen LogP contribution in [0.3, 0.4) is 0 Å². The largest absolute Gasteiger partial charge is 0.457 e. The van der Waals surface area contributed by atoms with E-state index in [1.165, 1.54) is 6.08 Å². The number of benzene rings is 1. The van der Waals surface area contributed by atoms with Crippen LogP contribution in [-0.2, 0) is 19.1 Å². The Morgan fingerprint density at radius 1 is 1.08 bits per heavy atom. The van der Waals surface area contributed by atoms with E-state index in [9.17, 15) is 9.59 Å². The molecule has 0 aliphatic carbocycles. The van der Waals surface area contributed by atoms with Gasteiger partial charge < -0.3 is 14.0 Å². The lowest BCUT2D eigenvalue weighted by molar-refractivity contribution is -0.890. The van der Waals surface area contributed by atoms with Crippen molar-refractivity contribution in [1.29, 1.82) is 0 Å². The minimum absolute atomic E-state index is 0.305. The monoisotopic (exact) mass is 332 g/mol. The molecule has 0 heterocycles. The maximum atomic E-state index is 11.7. The minimum atomic E-state index is -0.382. The first kappa shape index (κ1) is 19.6. The predicted octanol–water partition coefficient (Wildman–Crippen LogP) is 2.44. The van der Waals surface area contributed by atoms with E-state index in [-0.39, 0.29) is 11.9 Å². The zero-order chi connectivity index (χ0) is 18.0. The van der Waals surface area contributed by atoms with Gasteiger partial charge in [0.2, 0.25) is 0 Å². The van der Waals surface area contributed by atoms with Gasteiger partial charge in [0.25, 0.3) is 0 Å². The zero-order valence-electron chi connectivity index (χ0n) is 14.7. The van der Waals surface area contributed by atoms with Crippen LogP contribution in [0.1, 0.15) is 12.5 Å². The van der Waals surface area contributed by atoms with E-state index >= 15 is 0 Å². The van der Waals surface area contributed by atoms with Crippen LogP contribution in [0, 0.1) is 0 Å². The molecule has 0 radical (unpaired) electrons. The van der Waals surface area contributed by atoms with Crippen molar-refractivity contribution in [3.63, 3.8) is 0 Å². The van der Waals surface area contributed by atoms with Gasteiger partial charge in [0.1, 0.15) is 26.3 Å². The molecule has 1 aromatic carbocycles. The molecular weight excluding hydrogens is 306 g/mol. The minimum Gasteiger partial charge on any atom is -0.457 e. The molecule has 1 rings (SSSR count). The average Bonchev–Trinajstić information content (AvgIpc) is 2.53. The van der Waals surface area contributed by atoms with E-state index in [4.69, 9.17) is 9.47 Å². The van der Waals surface area contributed by atoms with Gasteiger partial charge in [-0.25, -0.2) is 9.59 Å². The lowest BCUT2D eigenvalue weighted by Gasteiger charge is -2.29. The molecule has 0 unspecified atom stereocenters. The highest BCUT2D eigenvalue weighted by Gasteiger charge is 2.16. The number of hydrogen-bond acceptors (Lipinski definition) is 4. The zero-order valence-corrected chi connectivity index (χ0v) is 14.7. The summed E-state index contributed by atoms with van der Waals surface area (Å²) in [4.78, 5) is 23.0. The Balaban J connectivity index is 2.27. The number of carbonyl (C=O) groups excluding carboxylic acids is 2. The molecule has 0 amide bonds. The molecule has 130 valence electrons. The van der Waals surface area contributed by atoms with Gasteiger partial charge in [0.15, 0.2) is 0 Å². The molecule has 0 N–H and O–H groups in total. The standard InChI is InChI=1S/C19H26NO4/c1-16(2)19(22)24-15-13-20(3,4)12-14-23-18(21)11-10-17-8-6-5-7-9-17/h5-11H,1,12-15H2,2-4H3/q+1. The summed E-state index contributed by atoms with van der Waals surface area (Å²) >= 11 is 0. The third-order valence-corrected chi connectivity index (χ3v) is 3.43. The first-order chi connectivity index (χ1) is 11.3. The second kappa shape index (κ2) is 9.67. The van der Waals surface area contributed by atoms with Crippen molar-refractivity contribution in [2.24, 2.45) is 0 Å². The summed E-state index contributed by atoms with van der Waals surface area (Å²) in [7, 11) is 3.98. The molecule has 0 fully saturated rings. The number of carbonyl (C=O) groups is 2. The SMILES string of the molecule is C=C(C)C(=O)OCC[N+](C)(C)CCOC(=O)C=Cc1ccccc1. The van der Waals surface area contributed by atoms with Gasteiger partial charge in [0, 0.05) is 11.6 Å². The van der Waals surface area contributed by atoms with Gasteiger partial charge in [-0.15, -0.1) is 0 Å². The second-order valence-corrected chi connectivity index (χ2v) is 6.21. The summed E-state index contributed by atoms with van der Waals surface area (Å²) in [6, 6.07) is 9.56. The predicted molar refractivity (Wildman–Crippen MR) is 94.1 cm³/mol. The van der Waals surface area contributed by atoms with Crippen molar-refractivity contribution in [3.8, 4) is 0 Å². The van der Waals surface area contributed by atoms with Crippen LogP contribution in [0.15, 0.2) is 48.6 Å². The topological polar surface area (TPSA) is 52.6 Å². The Hall–Kier alpha value is -2.40. The van der Waals surface area contributed by atoms with Crippen LogP contribution in [0.4, 0.5) is 0 Å². The lowest BCUT2D eigenvalue weighted by Crippen LogP contribution is -2.45. The smallest absolute Gasteiger partial charge is 0.333 e. The summed E-state index contributed by atoms with van der Waals surface area (Å²) in [5.41, 5.74) is 1.34. The van der Waals surface area contributed by atoms with Gasteiger partial charge in [-0.05, 0) is 18.6 Å². The molecule has 0 saturated heterocycles. The van der Waals surface area contributed by atoms with Crippen LogP contribution < -0.4 is 0 Å². The number of likely N-dealkylation sites (N-methyl/N-ethyl adjacent to an activating group) is 1. The second-order valence-electron chi connectivity index (χ2n) is 6.21. The summed E-state index contributed by atoms with van der Waals surface area (Å²) < 4.78 is 10.9. The van der Waals surface area contributed by atoms with Crippen molar-refractivity contribution in [2.75, 3.05) is 40.4 Å². The van der Waals surface area contributed by atoms with Crippen LogP contribution in [0.25, 0.3) is 6.08 Å². The molecular formula is C19H26NO4+. The first-order valence-electron chi connectivity index (χ1n) is 7.85. The molecule has 5 nitrogen and oxygen atoms in total. The molecule has 0 saturated carbocycles. The summed E-state index contributed by atoms with van der Waals surface area (Å²) in [6.45, 7) is 7.03. The molecule has 1 aromatic rings. The molecule has 0 aliphatic heterocycles. The van der Waals surface area contributed by atoms with Crippen molar-refractivity contribution < 1.29 is 23.5 Å². The highest BCUT2D eigenvalue weighted by atomic mass is 16.5. The first-order valence-corrected chi connectivity index (χ1v) is 7.85. The molecule has 5 heteroatoms. The number of ether oxygens (including phenoxy) is 2. The maximum absolute atomic E-state index is 11.7. The molecule has 0 bridgehead atoms. The van der Waals surface area contributed by atoms with Crippen molar-refractivity contribution in [3.05, 3.63) is 54.1 Å². The molecule has 0 aromatic heterocycles. The van der Waals surface area contributed by atoms with E-state index in [0.717, 1.165) is 5.56 Å². The van der Waals surface area contributed by atoms with Gasteiger partial charge in [-0.2, -0.15) is 0 Å². The molecule has 0 aliphatic rings. The van der Waals surface area contributed by atoms with E-state index in [2.05, 4.69) is 6.58 Å². The van der Waals surface area contributed by atoms with Gasteiger partial charge >= 0.3 is 11.9 Å². The Labute approximate surface area is 143 Å². The molecule has 0 atom stereocenters. The summed E-state index contributed by atoms with van der Waals surface area (Å²) in [6.07, 6.45) is 3.14. The fourth-order valence-electron chi connectivity index (χ4n) is 1.79. The Morgan fingerprint density at radius 3 is 2.25 bits per heavy atom. The van der Waals surface area contributed by atoms with Crippen molar-refractivity contribution >= 4 is 18.0 Å². The van der Waals surface area contributed by atoms with Crippen LogP contribution in [-0.4, -0.2) is 56.8 Å². The van der Waals surface area contributed by atoms with Crippen molar-refractivity contribution in [1.82, 2.24) is 0 Å². The summed E-state index contributed by atoms with van der Waals surface area (Å²) in [5.74, 6) is -0.750.